The molecule has 17 heavy (non-hydrogen) atoms. The topological polar surface area (TPSA) is 64.7 Å². The van der Waals surface area contributed by atoms with Crippen LogP contribution in [0.1, 0.15) is 24.8 Å². The Bertz CT molecular complexity index is 368. The number of aliphatic hydroxyl groups is 1. The summed E-state index contributed by atoms with van der Waals surface area (Å²) in [4.78, 5) is 0. The van der Waals surface area contributed by atoms with Crippen LogP contribution < -0.4 is 15.2 Å². The molecule has 4 nitrogen and oxygen atoms in total. The molecule has 0 aliphatic carbocycles. The Kier molecular flexibility index (Phi) is 4.23. The minimum absolute atomic E-state index is 0.281. The maximum atomic E-state index is 9.76. The zero-order chi connectivity index (χ0) is 12.1. The molecule has 1 unspecified atom stereocenters. The number of aryl methyl sites for hydroxylation is 1. The van der Waals surface area contributed by atoms with Crippen LogP contribution >= 0.6 is 0 Å². The van der Waals surface area contributed by atoms with E-state index in [2.05, 4.69) is 0 Å². The molecule has 94 valence electrons. The van der Waals surface area contributed by atoms with E-state index in [1.807, 2.05) is 18.2 Å². The predicted octanol–water partition coefficient (Wildman–Crippen LogP) is 1.45. The van der Waals surface area contributed by atoms with Gasteiger partial charge < -0.3 is 20.3 Å². The molecule has 0 aromatic heterocycles. The smallest absolute Gasteiger partial charge is 0.231 e. The maximum absolute atomic E-state index is 9.76. The quantitative estimate of drug-likeness (QED) is 0.786. The van der Waals surface area contributed by atoms with Gasteiger partial charge in [0.2, 0.25) is 6.79 Å². The molecule has 0 fully saturated rings. The van der Waals surface area contributed by atoms with Crippen molar-refractivity contribution in [1.29, 1.82) is 0 Å². The Balaban J connectivity index is 1.89. The van der Waals surface area contributed by atoms with Crippen LogP contribution in [-0.4, -0.2) is 24.5 Å². The van der Waals surface area contributed by atoms with Gasteiger partial charge in [0.25, 0.3) is 0 Å². The molecule has 4 heteroatoms. The maximum Gasteiger partial charge on any atom is 0.231 e. The molecule has 1 aromatic rings. The fraction of sp³-hybridized carbons (Fsp3) is 0.538. The SMILES string of the molecule is NCCCC(O)CCc1cccc2c1OCO2. The second-order valence-electron chi connectivity index (χ2n) is 4.27. The number of fused-ring (bicyclic) bond motifs is 1. The zero-order valence-corrected chi connectivity index (χ0v) is 9.89. The summed E-state index contributed by atoms with van der Waals surface area (Å²) < 4.78 is 10.7. The first-order chi connectivity index (χ1) is 8.31. The Labute approximate surface area is 101 Å². The summed E-state index contributed by atoms with van der Waals surface area (Å²) in [7, 11) is 0. The van der Waals surface area contributed by atoms with Gasteiger partial charge in [-0.15, -0.1) is 0 Å². The standard InChI is InChI=1S/C13H19NO3/c14-8-2-4-11(15)7-6-10-3-1-5-12-13(10)17-9-16-12/h1,3,5,11,15H,2,4,6-9,14H2. The molecule has 1 aromatic carbocycles. The lowest BCUT2D eigenvalue weighted by atomic mass is 10.0. The van der Waals surface area contributed by atoms with Crippen molar-refractivity contribution < 1.29 is 14.6 Å². The molecular weight excluding hydrogens is 218 g/mol. The van der Waals surface area contributed by atoms with E-state index in [1.165, 1.54) is 0 Å². The molecule has 1 aliphatic heterocycles. The van der Waals surface area contributed by atoms with E-state index in [0.29, 0.717) is 13.3 Å². The normalized spacial score (nSPS) is 14.9. The number of nitrogens with two attached hydrogens (primary N) is 1. The molecule has 0 amide bonds. The van der Waals surface area contributed by atoms with Gasteiger partial charge in [-0.2, -0.15) is 0 Å². The van der Waals surface area contributed by atoms with E-state index in [4.69, 9.17) is 15.2 Å². The van der Waals surface area contributed by atoms with E-state index >= 15 is 0 Å². The molecule has 2 rings (SSSR count). The van der Waals surface area contributed by atoms with Gasteiger partial charge in [-0.25, -0.2) is 0 Å². The molecule has 1 atom stereocenters. The number of ether oxygens (including phenoxy) is 2. The minimum atomic E-state index is -0.281. The lowest BCUT2D eigenvalue weighted by molar-refractivity contribution is 0.152. The first kappa shape index (κ1) is 12.2. The van der Waals surface area contributed by atoms with Crippen LogP contribution in [0, 0.1) is 0 Å². The third kappa shape index (κ3) is 3.11. The van der Waals surface area contributed by atoms with Crippen molar-refractivity contribution in [1.82, 2.24) is 0 Å². The van der Waals surface area contributed by atoms with Crippen molar-refractivity contribution in [2.75, 3.05) is 13.3 Å². The summed E-state index contributed by atoms with van der Waals surface area (Å²) >= 11 is 0. The van der Waals surface area contributed by atoms with Gasteiger partial charge in [0, 0.05) is 0 Å². The fourth-order valence-electron chi connectivity index (χ4n) is 2.01. The van der Waals surface area contributed by atoms with Gasteiger partial charge in [-0.05, 0) is 43.9 Å². The highest BCUT2D eigenvalue weighted by Crippen LogP contribution is 2.36. The van der Waals surface area contributed by atoms with Crippen LogP contribution in [0.3, 0.4) is 0 Å². The summed E-state index contributed by atoms with van der Waals surface area (Å²) in [5.74, 6) is 1.64. The summed E-state index contributed by atoms with van der Waals surface area (Å²) in [6, 6.07) is 5.87. The first-order valence-corrected chi connectivity index (χ1v) is 6.07. The van der Waals surface area contributed by atoms with E-state index in [-0.39, 0.29) is 6.10 Å². The van der Waals surface area contributed by atoms with Crippen LogP contribution in [-0.2, 0) is 6.42 Å². The number of aliphatic hydroxyl groups excluding tert-OH is 1. The number of rotatable bonds is 6. The number of para-hydroxylation sites is 1. The van der Waals surface area contributed by atoms with Crippen LogP contribution in [0.15, 0.2) is 18.2 Å². The Morgan fingerprint density at radius 2 is 2.18 bits per heavy atom. The lowest BCUT2D eigenvalue weighted by Gasteiger charge is -2.10. The van der Waals surface area contributed by atoms with Crippen molar-refractivity contribution in [2.45, 2.75) is 31.8 Å². The molecule has 0 saturated heterocycles. The second-order valence-corrected chi connectivity index (χ2v) is 4.27. The molecule has 0 bridgehead atoms. The molecule has 3 N–H and O–H groups in total. The van der Waals surface area contributed by atoms with Crippen LogP contribution in [0.4, 0.5) is 0 Å². The minimum Gasteiger partial charge on any atom is -0.454 e. The third-order valence-corrected chi connectivity index (χ3v) is 2.97. The average Bonchev–Trinajstić information content (AvgIpc) is 2.82. The molecule has 1 aliphatic rings. The van der Waals surface area contributed by atoms with E-state index in [1.54, 1.807) is 0 Å². The molecule has 0 spiro atoms. The molecule has 0 saturated carbocycles. The second kappa shape index (κ2) is 5.89. The number of hydrogen-bond acceptors (Lipinski definition) is 4. The van der Waals surface area contributed by atoms with Crippen LogP contribution in [0.2, 0.25) is 0 Å². The van der Waals surface area contributed by atoms with Gasteiger partial charge in [0.15, 0.2) is 11.5 Å². The van der Waals surface area contributed by atoms with Crippen molar-refractivity contribution in [2.24, 2.45) is 5.73 Å². The van der Waals surface area contributed by atoms with E-state index < -0.39 is 0 Å². The lowest BCUT2D eigenvalue weighted by Crippen LogP contribution is -2.11. The van der Waals surface area contributed by atoms with Gasteiger partial charge >= 0.3 is 0 Å². The van der Waals surface area contributed by atoms with Crippen LogP contribution in [0.5, 0.6) is 11.5 Å². The Morgan fingerprint density at radius 1 is 1.29 bits per heavy atom. The summed E-state index contributed by atoms with van der Waals surface area (Å²) in [6.07, 6.45) is 2.89. The van der Waals surface area contributed by atoms with Crippen molar-refractivity contribution in [3.8, 4) is 11.5 Å². The van der Waals surface area contributed by atoms with E-state index in [9.17, 15) is 5.11 Å². The molecule has 0 radical (unpaired) electrons. The largest absolute Gasteiger partial charge is 0.454 e. The van der Waals surface area contributed by atoms with E-state index in [0.717, 1.165) is 42.7 Å². The monoisotopic (exact) mass is 237 g/mol. The van der Waals surface area contributed by atoms with Gasteiger partial charge in [-0.3, -0.25) is 0 Å². The van der Waals surface area contributed by atoms with Gasteiger partial charge in [-0.1, -0.05) is 12.1 Å². The average molecular weight is 237 g/mol. The van der Waals surface area contributed by atoms with Gasteiger partial charge in [0.1, 0.15) is 0 Å². The first-order valence-electron chi connectivity index (χ1n) is 6.07. The highest BCUT2D eigenvalue weighted by Gasteiger charge is 2.17. The Morgan fingerprint density at radius 3 is 3.00 bits per heavy atom. The number of benzene rings is 1. The van der Waals surface area contributed by atoms with Crippen molar-refractivity contribution in [3.63, 3.8) is 0 Å². The van der Waals surface area contributed by atoms with Gasteiger partial charge in [0.05, 0.1) is 6.10 Å². The highest BCUT2D eigenvalue weighted by atomic mass is 16.7. The highest BCUT2D eigenvalue weighted by molar-refractivity contribution is 5.48. The fourth-order valence-corrected chi connectivity index (χ4v) is 2.01. The third-order valence-electron chi connectivity index (χ3n) is 2.97. The van der Waals surface area contributed by atoms with Crippen molar-refractivity contribution >= 4 is 0 Å². The summed E-state index contributed by atoms with van der Waals surface area (Å²) in [5.41, 5.74) is 6.51. The summed E-state index contributed by atoms with van der Waals surface area (Å²) in [6.45, 7) is 0.927. The van der Waals surface area contributed by atoms with Crippen molar-refractivity contribution in [3.05, 3.63) is 23.8 Å². The Hall–Kier alpha value is -1.26. The predicted molar refractivity (Wildman–Crippen MR) is 65.2 cm³/mol. The summed E-state index contributed by atoms with van der Waals surface area (Å²) in [5, 5.41) is 9.76. The van der Waals surface area contributed by atoms with Crippen LogP contribution in [0.25, 0.3) is 0 Å². The zero-order valence-electron chi connectivity index (χ0n) is 9.89. The number of hydrogen-bond donors (Lipinski definition) is 2. The molecule has 1 heterocycles. The molecular formula is C13H19NO3.